The molecule has 5 nitrogen and oxygen atoms in total. The summed E-state index contributed by atoms with van der Waals surface area (Å²) in [5, 5.41) is 11.6. The van der Waals surface area contributed by atoms with E-state index >= 15 is 0 Å². The molecule has 1 fully saturated rings. The standard InChI is InChI=1S/C24H23N5/c1-2-8-20(9-3-1)28-13-15-29(16-14-28)24-22-11-5-4-10-21(22)23(26-27-24)17-19-7-6-12-25-18-19/h1-12,18H,13-17H2. The molecule has 0 atom stereocenters. The SMILES string of the molecule is c1ccc(N2CCN(c3nnc(Cc4cccnc4)c4ccccc34)CC2)cc1. The maximum absolute atomic E-state index is 4.66. The largest absolute Gasteiger partial charge is 0.368 e. The van der Waals surface area contributed by atoms with Crippen LogP contribution < -0.4 is 9.80 Å². The summed E-state index contributed by atoms with van der Waals surface area (Å²) in [6.07, 6.45) is 4.43. The summed E-state index contributed by atoms with van der Waals surface area (Å²) >= 11 is 0. The molecule has 144 valence electrons. The number of aromatic nitrogens is 3. The van der Waals surface area contributed by atoms with Crippen molar-refractivity contribution in [3.05, 3.63) is 90.4 Å². The molecule has 2 aromatic heterocycles. The molecule has 0 amide bonds. The minimum atomic E-state index is 0.740. The number of rotatable bonds is 4. The first kappa shape index (κ1) is 17.6. The van der Waals surface area contributed by atoms with Crippen LogP contribution in [0.15, 0.2) is 79.1 Å². The molecule has 1 aliphatic rings. The van der Waals surface area contributed by atoms with Gasteiger partial charge in [-0.1, -0.05) is 48.5 Å². The smallest absolute Gasteiger partial charge is 0.159 e. The van der Waals surface area contributed by atoms with Gasteiger partial charge in [-0.2, -0.15) is 5.10 Å². The highest BCUT2D eigenvalue weighted by Gasteiger charge is 2.21. The fourth-order valence-corrected chi connectivity index (χ4v) is 4.02. The van der Waals surface area contributed by atoms with Gasteiger partial charge in [0.25, 0.3) is 0 Å². The quantitative estimate of drug-likeness (QED) is 0.536. The zero-order valence-corrected chi connectivity index (χ0v) is 16.3. The summed E-state index contributed by atoms with van der Waals surface area (Å²) in [7, 11) is 0. The Labute approximate surface area is 170 Å². The molecule has 3 heterocycles. The first-order valence-corrected chi connectivity index (χ1v) is 10.1. The topological polar surface area (TPSA) is 45.2 Å². The van der Waals surface area contributed by atoms with Gasteiger partial charge in [-0.15, -0.1) is 5.10 Å². The van der Waals surface area contributed by atoms with Gasteiger partial charge in [0.2, 0.25) is 0 Å². The van der Waals surface area contributed by atoms with E-state index in [1.54, 1.807) is 6.20 Å². The Kier molecular flexibility index (Phi) is 4.78. The highest BCUT2D eigenvalue weighted by Crippen LogP contribution is 2.28. The van der Waals surface area contributed by atoms with E-state index in [9.17, 15) is 0 Å². The fraction of sp³-hybridized carbons (Fsp3) is 0.208. The van der Waals surface area contributed by atoms with Crippen LogP contribution in [0.2, 0.25) is 0 Å². The van der Waals surface area contributed by atoms with Gasteiger partial charge in [0.15, 0.2) is 5.82 Å². The molecule has 0 spiro atoms. The van der Waals surface area contributed by atoms with Gasteiger partial charge in [-0.25, -0.2) is 0 Å². The fourth-order valence-electron chi connectivity index (χ4n) is 4.02. The lowest BCUT2D eigenvalue weighted by Crippen LogP contribution is -2.47. The van der Waals surface area contributed by atoms with Gasteiger partial charge in [0.05, 0.1) is 5.69 Å². The number of hydrogen-bond acceptors (Lipinski definition) is 5. The van der Waals surface area contributed by atoms with Crippen molar-refractivity contribution in [3.63, 3.8) is 0 Å². The number of nitrogens with zero attached hydrogens (tertiary/aromatic N) is 5. The summed E-state index contributed by atoms with van der Waals surface area (Å²) in [6.45, 7) is 3.85. The van der Waals surface area contributed by atoms with Crippen LogP contribution in [0, 0.1) is 0 Å². The van der Waals surface area contributed by atoms with Crippen molar-refractivity contribution < 1.29 is 0 Å². The number of hydrogen-bond donors (Lipinski definition) is 0. The van der Waals surface area contributed by atoms with Gasteiger partial charge in [-0.05, 0) is 23.8 Å². The summed E-state index contributed by atoms with van der Waals surface area (Å²) in [5.41, 5.74) is 3.44. The first-order chi connectivity index (χ1) is 14.4. The molecule has 0 radical (unpaired) electrons. The van der Waals surface area contributed by atoms with Crippen LogP contribution in [-0.4, -0.2) is 41.4 Å². The molecule has 5 rings (SSSR count). The Hall–Kier alpha value is -3.47. The van der Waals surface area contributed by atoms with E-state index in [2.05, 4.69) is 85.6 Å². The Bertz CT molecular complexity index is 1090. The second-order valence-corrected chi connectivity index (χ2v) is 7.36. The summed E-state index contributed by atoms with van der Waals surface area (Å²) in [6, 6.07) is 23.1. The third-order valence-corrected chi connectivity index (χ3v) is 5.54. The predicted molar refractivity (Wildman–Crippen MR) is 117 cm³/mol. The van der Waals surface area contributed by atoms with Gasteiger partial charge in [-0.3, -0.25) is 4.98 Å². The van der Waals surface area contributed by atoms with Crippen LogP contribution in [0.3, 0.4) is 0 Å². The third-order valence-electron chi connectivity index (χ3n) is 5.54. The van der Waals surface area contributed by atoms with E-state index in [1.165, 1.54) is 16.5 Å². The lowest BCUT2D eigenvalue weighted by molar-refractivity contribution is 0.645. The minimum absolute atomic E-state index is 0.740. The Morgan fingerprint density at radius 2 is 1.41 bits per heavy atom. The Morgan fingerprint density at radius 3 is 2.17 bits per heavy atom. The summed E-state index contributed by atoms with van der Waals surface area (Å²) in [5.74, 6) is 0.989. The Balaban J connectivity index is 1.41. The molecule has 2 aromatic carbocycles. The maximum Gasteiger partial charge on any atom is 0.159 e. The Morgan fingerprint density at radius 1 is 0.690 bits per heavy atom. The van der Waals surface area contributed by atoms with E-state index < -0.39 is 0 Å². The van der Waals surface area contributed by atoms with E-state index in [1.807, 2.05) is 12.3 Å². The third kappa shape index (κ3) is 3.63. The van der Waals surface area contributed by atoms with Crippen molar-refractivity contribution in [2.75, 3.05) is 36.0 Å². The van der Waals surface area contributed by atoms with Crippen molar-refractivity contribution in [1.82, 2.24) is 15.2 Å². The van der Waals surface area contributed by atoms with E-state index in [0.29, 0.717) is 0 Å². The second kappa shape index (κ2) is 7.87. The molecule has 0 aliphatic carbocycles. The summed E-state index contributed by atoms with van der Waals surface area (Å²) < 4.78 is 0. The van der Waals surface area contributed by atoms with Crippen LogP contribution in [0.4, 0.5) is 11.5 Å². The molecular weight excluding hydrogens is 358 g/mol. The van der Waals surface area contributed by atoms with E-state index in [0.717, 1.165) is 49.7 Å². The first-order valence-electron chi connectivity index (χ1n) is 10.1. The van der Waals surface area contributed by atoms with Gasteiger partial charge in [0, 0.05) is 61.5 Å². The molecule has 5 heteroatoms. The molecule has 0 bridgehead atoms. The number of fused-ring (bicyclic) bond motifs is 1. The molecule has 29 heavy (non-hydrogen) atoms. The molecular formula is C24H23N5. The predicted octanol–water partition coefficient (Wildman–Crippen LogP) is 3.94. The van der Waals surface area contributed by atoms with Gasteiger partial charge in [0.1, 0.15) is 0 Å². The molecule has 0 N–H and O–H groups in total. The lowest BCUT2D eigenvalue weighted by atomic mass is 10.0. The van der Waals surface area contributed by atoms with Crippen molar-refractivity contribution in [2.24, 2.45) is 0 Å². The van der Waals surface area contributed by atoms with Crippen LogP contribution >= 0.6 is 0 Å². The average molecular weight is 381 g/mol. The van der Waals surface area contributed by atoms with Crippen LogP contribution in [0.1, 0.15) is 11.3 Å². The monoisotopic (exact) mass is 381 g/mol. The van der Waals surface area contributed by atoms with Crippen molar-refractivity contribution in [1.29, 1.82) is 0 Å². The highest BCUT2D eigenvalue weighted by atomic mass is 15.3. The zero-order chi connectivity index (χ0) is 19.5. The summed E-state index contributed by atoms with van der Waals surface area (Å²) in [4.78, 5) is 9.02. The maximum atomic E-state index is 4.66. The molecule has 0 saturated carbocycles. The minimum Gasteiger partial charge on any atom is -0.368 e. The molecule has 0 unspecified atom stereocenters. The number of piperazine rings is 1. The van der Waals surface area contributed by atoms with E-state index in [-0.39, 0.29) is 0 Å². The number of para-hydroxylation sites is 1. The lowest BCUT2D eigenvalue weighted by Gasteiger charge is -2.37. The van der Waals surface area contributed by atoms with Crippen LogP contribution in [0.5, 0.6) is 0 Å². The highest BCUT2D eigenvalue weighted by molar-refractivity contribution is 5.93. The van der Waals surface area contributed by atoms with Crippen molar-refractivity contribution >= 4 is 22.3 Å². The van der Waals surface area contributed by atoms with Gasteiger partial charge < -0.3 is 9.80 Å². The van der Waals surface area contributed by atoms with Crippen LogP contribution in [-0.2, 0) is 6.42 Å². The van der Waals surface area contributed by atoms with Gasteiger partial charge >= 0.3 is 0 Å². The van der Waals surface area contributed by atoms with Crippen molar-refractivity contribution in [3.8, 4) is 0 Å². The van der Waals surface area contributed by atoms with Crippen LogP contribution in [0.25, 0.3) is 10.8 Å². The number of benzene rings is 2. The molecule has 1 saturated heterocycles. The number of anilines is 2. The molecule has 1 aliphatic heterocycles. The molecule has 4 aromatic rings. The normalized spacial score (nSPS) is 14.3. The zero-order valence-electron chi connectivity index (χ0n) is 16.3. The number of pyridine rings is 1. The second-order valence-electron chi connectivity index (χ2n) is 7.36. The van der Waals surface area contributed by atoms with Crippen molar-refractivity contribution in [2.45, 2.75) is 6.42 Å². The van der Waals surface area contributed by atoms with E-state index in [4.69, 9.17) is 0 Å². The average Bonchev–Trinajstić information content (AvgIpc) is 2.81.